The first-order chi connectivity index (χ1) is 10.0. The molecule has 0 aliphatic carbocycles. The molecule has 0 radical (unpaired) electrons. The molecule has 3 rings (SSSR count). The monoisotopic (exact) mass is 399 g/mol. The Labute approximate surface area is 140 Å². The Balaban J connectivity index is 1.97. The highest BCUT2D eigenvalue weighted by atomic mass is 127. The molecule has 4 heteroatoms. The number of piperidine rings is 1. The van der Waals surface area contributed by atoms with Crippen molar-refractivity contribution in [3.63, 3.8) is 0 Å². The molecule has 0 saturated carbocycles. The van der Waals surface area contributed by atoms with Crippen LogP contribution in [0.15, 0.2) is 24.3 Å². The van der Waals surface area contributed by atoms with E-state index in [1.807, 2.05) is 0 Å². The number of rotatable bonds is 2. The highest BCUT2D eigenvalue weighted by molar-refractivity contribution is 14.1. The van der Waals surface area contributed by atoms with Gasteiger partial charge in [-0.1, -0.05) is 19.1 Å². The summed E-state index contributed by atoms with van der Waals surface area (Å²) in [7, 11) is 3.68. The summed E-state index contributed by atoms with van der Waals surface area (Å²) >= 11 is 2.32. The van der Waals surface area contributed by atoms with Crippen molar-refractivity contribution in [2.45, 2.75) is 37.8 Å². The maximum Gasteiger partial charge on any atom is 0.310 e. The summed E-state index contributed by atoms with van der Waals surface area (Å²) < 4.78 is 6.36. The van der Waals surface area contributed by atoms with Crippen LogP contribution in [0.5, 0.6) is 0 Å². The zero-order chi connectivity index (χ0) is 15.1. The highest BCUT2D eigenvalue weighted by Crippen LogP contribution is 2.48. The van der Waals surface area contributed by atoms with Gasteiger partial charge in [0, 0.05) is 21.6 Å². The van der Waals surface area contributed by atoms with Crippen molar-refractivity contribution in [3.8, 4) is 0 Å². The lowest BCUT2D eigenvalue weighted by atomic mass is 9.76. The molecule has 3 nitrogen and oxygen atoms in total. The van der Waals surface area contributed by atoms with Crippen molar-refractivity contribution in [1.29, 1.82) is 0 Å². The van der Waals surface area contributed by atoms with Crippen molar-refractivity contribution in [2.24, 2.45) is 11.8 Å². The van der Waals surface area contributed by atoms with Crippen LogP contribution in [0, 0.1) is 15.4 Å². The number of carbonyl (C=O) groups excluding carboxylic acids is 1. The highest BCUT2D eigenvalue weighted by Gasteiger charge is 2.52. The maximum atomic E-state index is 12.4. The molecular formula is C17H22INO2. The van der Waals surface area contributed by atoms with E-state index in [1.165, 1.54) is 16.2 Å². The predicted octanol–water partition coefficient (Wildman–Crippen LogP) is 3.28. The molecule has 5 atom stereocenters. The molecule has 1 aromatic rings. The average molecular weight is 399 g/mol. The third-order valence-electron chi connectivity index (χ3n) is 5.43. The fourth-order valence-electron chi connectivity index (χ4n) is 4.34. The number of fused-ring (bicyclic) bond motifs is 2. The van der Waals surface area contributed by atoms with E-state index in [0.717, 1.165) is 12.8 Å². The molecule has 2 fully saturated rings. The van der Waals surface area contributed by atoms with Gasteiger partial charge in [-0.25, -0.2) is 0 Å². The van der Waals surface area contributed by atoms with Crippen LogP contribution in [0.2, 0.25) is 0 Å². The van der Waals surface area contributed by atoms with Gasteiger partial charge in [0.25, 0.3) is 0 Å². The largest absolute Gasteiger partial charge is 0.469 e. The Morgan fingerprint density at radius 2 is 1.90 bits per heavy atom. The van der Waals surface area contributed by atoms with Gasteiger partial charge in [-0.15, -0.1) is 0 Å². The number of carbonyl (C=O) groups is 1. The molecule has 2 aliphatic heterocycles. The fourth-order valence-corrected chi connectivity index (χ4v) is 4.70. The van der Waals surface area contributed by atoms with E-state index < -0.39 is 0 Å². The number of hydrogen-bond donors (Lipinski definition) is 0. The Bertz CT molecular complexity index is 530. The first-order valence-electron chi connectivity index (χ1n) is 7.58. The zero-order valence-corrected chi connectivity index (χ0v) is 14.9. The molecular weight excluding hydrogens is 377 g/mol. The third kappa shape index (κ3) is 2.61. The van der Waals surface area contributed by atoms with Crippen LogP contribution in [-0.2, 0) is 9.53 Å². The quantitative estimate of drug-likeness (QED) is 0.565. The topological polar surface area (TPSA) is 29.5 Å². The van der Waals surface area contributed by atoms with E-state index in [4.69, 9.17) is 4.74 Å². The molecule has 114 valence electrons. The van der Waals surface area contributed by atoms with Crippen molar-refractivity contribution in [1.82, 2.24) is 4.90 Å². The minimum atomic E-state index is -0.0528. The van der Waals surface area contributed by atoms with E-state index in [-0.39, 0.29) is 17.8 Å². The fraction of sp³-hybridized carbons (Fsp3) is 0.588. The van der Waals surface area contributed by atoms with Gasteiger partial charge < -0.3 is 4.74 Å². The predicted molar refractivity (Wildman–Crippen MR) is 91.1 cm³/mol. The zero-order valence-electron chi connectivity index (χ0n) is 12.8. The van der Waals surface area contributed by atoms with Crippen LogP contribution < -0.4 is 0 Å². The molecule has 0 aromatic heterocycles. The minimum Gasteiger partial charge on any atom is -0.469 e. The van der Waals surface area contributed by atoms with Crippen molar-refractivity contribution >= 4 is 28.6 Å². The lowest BCUT2D eigenvalue weighted by molar-refractivity contribution is -0.150. The van der Waals surface area contributed by atoms with Crippen molar-refractivity contribution in [3.05, 3.63) is 33.4 Å². The Hall–Kier alpha value is -0.620. The van der Waals surface area contributed by atoms with Crippen LogP contribution >= 0.6 is 22.6 Å². The van der Waals surface area contributed by atoms with Gasteiger partial charge in [-0.3, -0.25) is 9.69 Å². The van der Waals surface area contributed by atoms with Gasteiger partial charge >= 0.3 is 5.97 Å². The van der Waals surface area contributed by atoms with Crippen LogP contribution in [0.1, 0.15) is 31.2 Å². The van der Waals surface area contributed by atoms with E-state index >= 15 is 0 Å². The number of hydrogen-bond acceptors (Lipinski definition) is 3. The molecule has 1 aromatic carbocycles. The van der Waals surface area contributed by atoms with Gasteiger partial charge in [0.05, 0.1) is 13.0 Å². The smallest absolute Gasteiger partial charge is 0.310 e. The number of ether oxygens (including phenoxy) is 1. The summed E-state index contributed by atoms with van der Waals surface area (Å²) in [6, 6.07) is 9.52. The molecule has 0 N–H and O–H groups in total. The molecule has 2 saturated heterocycles. The lowest BCUT2D eigenvalue weighted by Gasteiger charge is -2.42. The molecule has 0 amide bonds. The molecule has 21 heavy (non-hydrogen) atoms. The molecule has 0 spiro atoms. The summed E-state index contributed by atoms with van der Waals surface area (Å²) in [6.45, 7) is 2.31. The number of halogens is 1. The Kier molecular flexibility index (Phi) is 4.28. The first-order valence-corrected chi connectivity index (χ1v) is 8.66. The Morgan fingerprint density at radius 1 is 1.24 bits per heavy atom. The number of methoxy groups -OCH3 is 1. The van der Waals surface area contributed by atoms with E-state index in [2.05, 4.69) is 65.7 Å². The summed E-state index contributed by atoms with van der Waals surface area (Å²) in [5.74, 6) is 0.843. The van der Waals surface area contributed by atoms with Crippen LogP contribution in [-0.4, -0.2) is 37.1 Å². The Morgan fingerprint density at radius 3 is 2.52 bits per heavy atom. The maximum absolute atomic E-state index is 12.4. The van der Waals surface area contributed by atoms with E-state index in [9.17, 15) is 4.79 Å². The minimum absolute atomic E-state index is 0.0405. The van der Waals surface area contributed by atoms with Gasteiger partial charge in [0.2, 0.25) is 0 Å². The third-order valence-corrected chi connectivity index (χ3v) is 6.15. The number of nitrogens with zero attached hydrogens (tertiary/aromatic N) is 1. The van der Waals surface area contributed by atoms with Gasteiger partial charge in [-0.2, -0.15) is 0 Å². The number of esters is 1. The summed E-state index contributed by atoms with van der Waals surface area (Å²) in [4.78, 5) is 14.8. The second-order valence-corrected chi connectivity index (χ2v) is 7.70. The molecule has 0 unspecified atom stereocenters. The van der Waals surface area contributed by atoms with Crippen LogP contribution in [0.4, 0.5) is 0 Å². The average Bonchev–Trinajstić information content (AvgIpc) is 2.66. The van der Waals surface area contributed by atoms with Crippen LogP contribution in [0.3, 0.4) is 0 Å². The molecule has 2 bridgehead atoms. The standard InChI is InChI=1S/C17H22INO2/c1-10-8-15-16(17(20)21-3)13(9-14(10)19(15)2)11-4-6-12(18)7-5-11/h4-7,10,13-16H,8-9H2,1-3H3/t10-,13+,14+,15+,16-/m0/s1. The van der Waals surface area contributed by atoms with Crippen molar-refractivity contribution < 1.29 is 9.53 Å². The SMILES string of the molecule is COC(=O)[C@H]1[C@@H](c2ccc(I)cc2)C[C@@H]2[C@@H](C)C[C@H]1N2C. The molecule has 2 heterocycles. The first kappa shape index (κ1) is 15.3. The summed E-state index contributed by atoms with van der Waals surface area (Å²) in [6.07, 6.45) is 2.15. The summed E-state index contributed by atoms with van der Waals surface area (Å²) in [5, 5.41) is 0. The lowest BCUT2D eigenvalue weighted by Crippen LogP contribution is -2.49. The van der Waals surface area contributed by atoms with E-state index in [0.29, 0.717) is 18.0 Å². The molecule has 2 aliphatic rings. The van der Waals surface area contributed by atoms with Gasteiger partial charge in [0.1, 0.15) is 0 Å². The summed E-state index contributed by atoms with van der Waals surface area (Å²) in [5.41, 5.74) is 1.28. The van der Waals surface area contributed by atoms with Crippen molar-refractivity contribution in [2.75, 3.05) is 14.2 Å². The van der Waals surface area contributed by atoms with E-state index in [1.54, 1.807) is 0 Å². The van der Waals surface area contributed by atoms with Gasteiger partial charge in [-0.05, 0) is 66.1 Å². The second kappa shape index (κ2) is 5.88. The van der Waals surface area contributed by atoms with Crippen LogP contribution in [0.25, 0.3) is 0 Å². The normalized spacial score (nSPS) is 35.7. The second-order valence-electron chi connectivity index (χ2n) is 6.46. The number of benzene rings is 1. The van der Waals surface area contributed by atoms with Gasteiger partial charge in [0.15, 0.2) is 0 Å².